The molecular weight excluding hydrogens is 361 g/mol. The molecule has 0 aliphatic heterocycles. The predicted molar refractivity (Wildman–Crippen MR) is 79.8 cm³/mol. The van der Waals surface area contributed by atoms with Crippen LogP contribution in [0.4, 0.5) is 5.69 Å². The predicted octanol–water partition coefficient (Wildman–Crippen LogP) is 2.20. The van der Waals surface area contributed by atoms with Gasteiger partial charge in [-0.3, -0.25) is 0 Å². The summed E-state index contributed by atoms with van der Waals surface area (Å²) in [5.74, 6) is -1.28. The van der Waals surface area contributed by atoms with E-state index in [-0.39, 0.29) is 13.2 Å². The van der Waals surface area contributed by atoms with Crippen molar-refractivity contribution >= 4 is 40.2 Å². The minimum atomic E-state index is -1.14. The Morgan fingerprint density at radius 1 is 1.11 bits per heavy atom. The van der Waals surface area contributed by atoms with Crippen molar-refractivity contribution in [2.45, 2.75) is 19.9 Å². The van der Waals surface area contributed by atoms with Gasteiger partial charge in [0.25, 0.3) is 0 Å². The van der Waals surface area contributed by atoms with Gasteiger partial charge in [-0.2, -0.15) is 0 Å². The van der Waals surface area contributed by atoms with E-state index >= 15 is 0 Å². The SMILES string of the molecule is CCOC(=O)C(Nc1ccc(I)cc1)C(=O)OCC. The summed E-state index contributed by atoms with van der Waals surface area (Å²) in [6, 6.07) is 6.17. The molecule has 1 rings (SSSR count). The zero-order chi connectivity index (χ0) is 14.3. The Balaban J connectivity index is 2.81. The normalized spacial score (nSPS) is 10.1. The van der Waals surface area contributed by atoms with E-state index < -0.39 is 18.0 Å². The molecule has 104 valence electrons. The number of ether oxygens (including phenoxy) is 2. The van der Waals surface area contributed by atoms with Crippen LogP contribution in [0, 0.1) is 3.57 Å². The van der Waals surface area contributed by atoms with Gasteiger partial charge in [-0.25, -0.2) is 9.59 Å². The molecule has 0 aromatic heterocycles. The standard InChI is InChI=1S/C13H16INO4/c1-3-18-12(16)11(13(17)19-4-2)15-10-7-5-9(14)6-8-10/h5-8,11,15H,3-4H2,1-2H3. The molecule has 0 fully saturated rings. The molecular formula is C13H16INO4. The van der Waals surface area contributed by atoms with Crippen LogP contribution in [0.2, 0.25) is 0 Å². The summed E-state index contributed by atoms with van der Waals surface area (Å²) in [5.41, 5.74) is 0.659. The van der Waals surface area contributed by atoms with E-state index in [1.54, 1.807) is 26.0 Å². The average Bonchev–Trinajstić information content (AvgIpc) is 2.38. The van der Waals surface area contributed by atoms with Crippen LogP contribution in [0.25, 0.3) is 0 Å². The molecule has 0 atom stereocenters. The molecule has 1 aromatic carbocycles. The fourth-order valence-corrected chi connectivity index (χ4v) is 1.74. The zero-order valence-corrected chi connectivity index (χ0v) is 13.0. The van der Waals surface area contributed by atoms with Gasteiger partial charge >= 0.3 is 11.9 Å². The summed E-state index contributed by atoms with van der Waals surface area (Å²) >= 11 is 2.17. The van der Waals surface area contributed by atoms with Gasteiger partial charge in [0.05, 0.1) is 13.2 Å². The fourth-order valence-electron chi connectivity index (χ4n) is 1.38. The van der Waals surface area contributed by atoms with Gasteiger partial charge in [0.1, 0.15) is 0 Å². The maximum Gasteiger partial charge on any atom is 0.340 e. The van der Waals surface area contributed by atoms with Crippen molar-refractivity contribution < 1.29 is 19.1 Å². The second kappa shape index (κ2) is 7.98. The Hall–Kier alpha value is -1.31. The third-order valence-electron chi connectivity index (χ3n) is 2.20. The van der Waals surface area contributed by atoms with Crippen molar-refractivity contribution in [3.63, 3.8) is 0 Å². The van der Waals surface area contributed by atoms with Crippen LogP contribution in [0.3, 0.4) is 0 Å². The van der Waals surface area contributed by atoms with Crippen LogP contribution >= 0.6 is 22.6 Å². The molecule has 0 saturated heterocycles. The van der Waals surface area contributed by atoms with Crippen molar-refractivity contribution in [1.82, 2.24) is 0 Å². The Morgan fingerprint density at radius 3 is 2.00 bits per heavy atom. The summed E-state index contributed by atoms with van der Waals surface area (Å²) in [5, 5.41) is 2.82. The Labute approximate surface area is 125 Å². The first kappa shape index (κ1) is 15.7. The van der Waals surface area contributed by atoms with Gasteiger partial charge in [-0.15, -0.1) is 0 Å². The molecule has 0 bridgehead atoms. The number of rotatable bonds is 6. The van der Waals surface area contributed by atoms with Crippen LogP contribution in [-0.4, -0.2) is 31.2 Å². The van der Waals surface area contributed by atoms with E-state index in [1.165, 1.54) is 0 Å². The Bertz CT molecular complexity index is 415. The molecule has 5 nitrogen and oxygen atoms in total. The number of halogens is 1. The molecule has 0 aliphatic rings. The molecule has 0 radical (unpaired) electrons. The minimum absolute atomic E-state index is 0.211. The van der Waals surface area contributed by atoms with Crippen LogP contribution in [0.5, 0.6) is 0 Å². The molecule has 1 aromatic rings. The number of hydrogen-bond donors (Lipinski definition) is 1. The van der Waals surface area contributed by atoms with Crippen LogP contribution in [0.15, 0.2) is 24.3 Å². The Morgan fingerprint density at radius 2 is 1.58 bits per heavy atom. The molecule has 6 heteroatoms. The highest BCUT2D eigenvalue weighted by atomic mass is 127. The van der Waals surface area contributed by atoms with Crippen molar-refractivity contribution in [1.29, 1.82) is 0 Å². The van der Waals surface area contributed by atoms with Gasteiger partial charge in [-0.05, 0) is 60.7 Å². The summed E-state index contributed by atoms with van der Waals surface area (Å²) < 4.78 is 10.8. The van der Waals surface area contributed by atoms with Gasteiger partial charge < -0.3 is 14.8 Å². The molecule has 0 amide bonds. The molecule has 1 N–H and O–H groups in total. The third kappa shape index (κ3) is 5.06. The summed E-state index contributed by atoms with van der Waals surface area (Å²) in [6.45, 7) is 3.79. The van der Waals surface area contributed by atoms with E-state index in [9.17, 15) is 9.59 Å². The molecule has 0 saturated carbocycles. The molecule has 0 unspecified atom stereocenters. The average molecular weight is 377 g/mol. The van der Waals surface area contributed by atoms with Gasteiger partial charge in [0.2, 0.25) is 6.04 Å². The van der Waals surface area contributed by atoms with E-state index in [0.29, 0.717) is 5.69 Å². The summed E-state index contributed by atoms with van der Waals surface area (Å²) in [4.78, 5) is 23.5. The smallest absolute Gasteiger partial charge is 0.340 e. The zero-order valence-electron chi connectivity index (χ0n) is 10.8. The largest absolute Gasteiger partial charge is 0.464 e. The maximum absolute atomic E-state index is 11.7. The molecule has 0 spiro atoms. The lowest BCUT2D eigenvalue weighted by atomic mass is 10.2. The van der Waals surface area contributed by atoms with Crippen molar-refractivity contribution in [3.05, 3.63) is 27.8 Å². The monoisotopic (exact) mass is 377 g/mol. The van der Waals surface area contributed by atoms with Crippen molar-refractivity contribution in [2.24, 2.45) is 0 Å². The van der Waals surface area contributed by atoms with Gasteiger partial charge in [0, 0.05) is 9.26 Å². The van der Waals surface area contributed by atoms with Crippen molar-refractivity contribution in [3.8, 4) is 0 Å². The highest BCUT2D eigenvalue weighted by Crippen LogP contribution is 2.13. The first-order valence-electron chi connectivity index (χ1n) is 5.93. The number of anilines is 1. The number of carbonyl (C=O) groups is 2. The van der Waals surface area contributed by atoms with Gasteiger partial charge in [-0.1, -0.05) is 0 Å². The number of benzene rings is 1. The number of esters is 2. The van der Waals surface area contributed by atoms with Crippen LogP contribution < -0.4 is 5.32 Å². The molecule has 19 heavy (non-hydrogen) atoms. The molecule has 0 aliphatic carbocycles. The quantitative estimate of drug-likeness (QED) is 0.468. The summed E-state index contributed by atoms with van der Waals surface area (Å²) in [7, 11) is 0. The van der Waals surface area contributed by atoms with E-state index in [1.807, 2.05) is 12.1 Å². The van der Waals surface area contributed by atoms with Crippen LogP contribution in [0.1, 0.15) is 13.8 Å². The number of carbonyl (C=O) groups excluding carboxylic acids is 2. The highest BCUT2D eigenvalue weighted by Gasteiger charge is 2.29. The first-order valence-corrected chi connectivity index (χ1v) is 7.01. The lowest BCUT2D eigenvalue weighted by Gasteiger charge is -2.16. The maximum atomic E-state index is 11.7. The first-order chi connectivity index (χ1) is 9.08. The minimum Gasteiger partial charge on any atom is -0.464 e. The van der Waals surface area contributed by atoms with Crippen LogP contribution in [-0.2, 0) is 19.1 Å². The Kier molecular flexibility index (Phi) is 6.61. The molecule has 0 heterocycles. The number of hydrogen-bond acceptors (Lipinski definition) is 5. The van der Waals surface area contributed by atoms with E-state index in [4.69, 9.17) is 9.47 Å². The lowest BCUT2D eigenvalue weighted by molar-refractivity contribution is -0.155. The summed E-state index contributed by atoms with van der Waals surface area (Å²) in [6.07, 6.45) is 0. The second-order valence-corrected chi connectivity index (χ2v) is 4.83. The van der Waals surface area contributed by atoms with E-state index in [0.717, 1.165) is 3.57 Å². The topological polar surface area (TPSA) is 64.6 Å². The fraction of sp³-hybridized carbons (Fsp3) is 0.385. The second-order valence-electron chi connectivity index (χ2n) is 3.59. The van der Waals surface area contributed by atoms with E-state index in [2.05, 4.69) is 27.9 Å². The lowest BCUT2D eigenvalue weighted by Crippen LogP contribution is -2.40. The van der Waals surface area contributed by atoms with Gasteiger partial charge in [0.15, 0.2) is 0 Å². The number of nitrogens with one attached hydrogen (secondary N) is 1. The van der Waals surface area contributed by atoms with Crippen molar-refractivity contribution in [2.75, 3.05) is 18.5 Å². The third-order valence-corrected chi connectivity index (χ3v) is 2.92. The highest BCUT2D eigenvalue weighted by molar-refractivity contribution is 14.1.